The molecule has 19 heavy (non-hydrogen) atoms. The van der Waals surface area contributed by atoms with Crippen LogP contribution in [0.15, 0.2) is 23.2 Å². The SMILES string of the molecule is C=CCN(CC1CCCCC1)C(=O)c1cc(C)no1. The maximum atomic E-state index is 12.4. The van der Waals surface area contributed by atoms with Gasteiger partial charge in [0.05, 0.1) is 5.69 Å². The molecule has 1 fully saturated rings. The molecule has 1 aromatic rings. The van der Waals surface area contributed by atoms with Crippen molar-refractivity contribution in [1.82, 2.24) is 10.1 Å². The molecule has 1 aliphatic rings. The standard InChI is InChI=1S/C15H22N2O2/c1-3-9-17(11-13-7-5-4-6-8-13)15(18)14-10-12(2)16-19-14/h3,10,13H,1,4-9,11H2,2H3. The Kier molecular flexibility index (Phi) is 4.77. The summed E-state index contributed by atoms with van der Waals surface area (Å²) in [5.41, 5.74) is 0.736. The molecule has 1 heterocycles. The topological polar surface area (TPSA) is 46.3 Å². The summed E-state index contributed by atoms with van der Waals surface area (Å²) in [4.78, 5) is 14.2. The summed E-state index contributed by atoms with van der Waals surface area (Å²) in [6.45, 7) is 6.91. The summed E-state index contributed by atoms with van der Waals surface area (Å²) in [6, 6.07) is 1.69. The molecule has 0 saturated heterocycles. The van der Waals surface area contributed by atoms with Crippen molar-refractivity contribution < 1.29 is 9.32 Å². The minimum atomic E-state index is -0.0777. The molecule has 0 aromatic carbocycles. The maximum absolute atomic E-state index is 12.4. The molecule has 1 saturated carbocycles. The van der Waals surface area contributed by atoms with Crippen molar-refractivity contribution in [3.05, 3.63) is 30.2 Å². The molecule has 0 bridgehead atoms. The van der Waals surface area contributed by atoms with Gasteiger partial charge in [-0.1, -0.05) is 30.5 Å². The van der Waals surface area contributed by atoms with E-state index in [-0.39, 0.29) is 5.91 Å². The van der Waals surface area contributed by atoms with E-state index in [0.717, 1.165) is 12.2 Å². The highest BCUT2D eigenvalue weighted by molar-refractivity contribution is 5.91. The van der Waals surface area contributed by atoms with E-state index >= 15 is 0 Å². The third kappa shape index (κ3) is 3.69. The van der Waals surface area contributed by atoms with E-state index in [4.69, 9.17) is 4.52 Å². The molecule has 4 nitrogen and oxygen atoms in total. The summed E-state index contributed by atoms with van der Waals surface area (Å²) in [6.07, 6.45) is 8.09. The van der Waals surface area contributed by atoms with Gasteiger partial charge in [-0.3, -0.25) is 4.79 Å². The number of hydrogen-bond acceptors (Lipinski definition) is 3. The molecule has 0 radical (unpaired) electrons. The summed E-state index contributed by atoms with van der Waals surface area (Å²) >= 11 is 0. The van der Waals surface area contributed by atoms with Gasteiger partial charge in [0, 0.05) is 19.2 Å². The lowest BCUT2D eigenvalue weighted by atomic mass is 9.89. The van der Waals surface area contributed by atoms with Gasteiger partial charge in [0.1, 0.15) is 0 Å². The number of amides is 1. The van der Waals surface area contributed by atoms with Crippen molar-refractivity contribution in [2.24, 2.45) is 5.92 Å². The molecule has 0 aliphatic heterocycles. The first-order valence-electron chi connectivity index (χ1n) is 7.04. The summed E-state index contributed by atoms with van der Waals surface area (Å²) in [5.74, 6) is 0.864. The smallest absolute Gasteiger partial charge is 0.292 e. The van der Waals surface area contributed by atoms with Gasteiger partial charge in [-0.15, -0.1) is 6.58 Å². The Morgan fingerprint density at radius 1 is 1.53 bits per heavy atom. The van der Waals surface area contributed by atoms with Crippen molar-refractivity contribution in [2.75, 3.05) is 13.1 Å². The third-order valence-corrected chi connectivity index (χ3v) is 3.68. The van der Waals surface area contributed by atoms with Crippen LogP contribution in [0.3, 0.4) is 0 Å². The lowest BCUT2D eigenvalue weighted by molar-refractivity contribution is 0.0694. The van der Waals surface area contributed by atoms with Crippen LogP contribution in [-0.4, -0.2) is 29.1 Å². The largest absolute Gasteiger partial charge is 0.351 e. The van der Waals surface area contributed by atoms with Gasteiger partial charge in [0.15, 0.2) is 0 Å². The Bertz CT molecular complexity index is 433. The zero-order valence-corrected chi connectivity index (χ0v) is 11.6. The van der Waals surface area contributed by atoms with E-state index in [1.807, 2.05) is 11.8 Å². The summed E-state index contributed by atoms with van der Waals surface area (Å²) in [7, 11) is 0. The first-order chi connectivity index (χ1) is 9.20. The van der Waals surface area contributed by atoms with Crippen molar-refractivity contribution in [3.63, 3.8) is 0 Å². The van der Waals surface area contributed by atoms with Gasteiger partial charge in [-0.2, -0.15) is 0 Å². The maximum Gasteiger partial charge on any atom is 0.292 e. The van der Waals surface area contributed by atoms with Gasteiger partial charge in [0.2, 0.25) is 5.76 Å². The van der Waals surface area contributed by atoms with Crippen molar-refractivity contribution in [2.45, 2.75) is 39.0 Å². The van der Waals surface area contributed by atoms with Crippen LogP contribution in [0.2, 0.25) is 0 Å². The first-order valence-corrected chi connectivity index (χ1v) is 7.04. The fraction of sp³-hybridized carbons (Fsp3) is 0.600. The monoisotopic (exact) mass is 262 g/mol. The fourth-order valence-electron chi connectivity index (χ4n) is 2.70. The van der Waals surface area contributed by atoms with Crippen molar-refractivity contribution in [1.29, 1.82) is 0 Å². The Morgan fingerprint density at radius 2 is 2.26 bits per heavy atom. The number of carbonyl (C=O) groups is 1. The minimum absolute atomic E-state index is 0.0777. The Labute approximate surface area is 114 Å². The highest BCUT2D eigenvalue weighted by atomic mass is 16.5. The van der Waals surface area contributed by atoms with Crippen LogP contribution in [-0.2, 0) is 0 Å². The van der Waals surface area contributed by atoms with Crippen LogP contribution >= 0.6 is 0 Å². The van der Waals surface area contributed by atoms with E-state index in [0.29, 0.717) is 18.2 Å². The number of nitrogens with zero attached hydrogens (tertiary/aromatic N) is 2. The molecule has 1 aromatic heterocycles. The Hall–Kier alpha value is -1.58. The van der Waals surface area contributed by atoms with Crippen molar-refractivity contribution >= 4 is 5.91 Å². The predicted octanol–water partition coefficient (Wildman–Crippen LogP) is 3.19. The number of carbonyl (C=O) groups excluding carboxylic acids is 1. The molecule has 1 aliphatic carbocycles. The third-order valence-electron chi connectivity index (χ3n) is 3.68. The molecule has 0 N–H and O–H groups in total. The molecule has 104 valence electrons. The predicted molar refractivity (Wildman–Crippen MR) is 73.9 cm³/mol. The Balaban J connectivity index is 2.01. The second-order valence-corrected chi connectivity index (χ2v) is 5.34. The van der Waals surface area contributed by atoms with Crippen molar-refractivity contribution in [3.8, 4) is 0 Å². The van der Waals surface area contributed by atoms with Gasteiger partial charge < -0.3 is 9.42 Å². The van der Waals surface area contributed by atoms with Crippen LogP contribution in [0, 0.1) is 12.8 Å². The molecule has 0 spiro atoms. The van der Waals surface area contributed by atoms with Crippen LogP contribution in [0.1, 0.15) is 48.4 Å². The normalized spacial score (nSPS) is 16.3. The van der Waals surface area contributed by atoms with Gasteiger partial charge >= 0.3 is 0 Å². The number of rotatable bonds is 5. The number of hydrogen-bond donors (Lipinski definition) is 0. The first kappa shape index (κ1) is 13.8. The Morgan fingerprint density at radius 3 is 2.84 bits per heavy atom. The molecular weight excluding hydrogens is 240 g/mol. The molecule has 0 unspecified atom stereocenters. The van der Waals surface area contributed by atoms with Crippen LogP contribution in [0.5, 0.6) is 0 Å². The molecule has 0 atom stereocenters. The van der Waals surface area contributed by atoms with E-state index in [9.17, 15) is 4.79 Å². The second-order valence-electron chi connectivity index (χ2n) is 5.34. The highest BCUT2D eigenvalue weighted by Crippen LogP contribution is 2.25. The molecule has 2 rings (SSSR count). The average molecular weight is 262 g/mol. The number of aryl methyl sites for hydroxylation is 1. The fourth-order valence-corrected chi connectivity index (χ4v) is 2.70. The van der Waals surface area contributed by atoms with Gasteiger partial charge in [-0.05, 0) is 25.7 Å². The summed E-state index contributed by atoms with van der Waals surface area (Å²) < 4.78 is 5.07. The van der Waals surface area contributed by atoms with E-state index in [1.165, 1.54) is 32.1 Å². The van der Waals surface area contributed by atoms with Gasteiger partial charge in [-0.25, -0.2) is 0 Å². The molecular formula is C15H22N2O2. The minimum Gasteiger partial charge on any atom is -0.351 e. The van der Waals surface area contributed by atoms with E-state index in [1.54, 1.807) is 12.1 Å². The molecule has 4 heteroatoms. The van der Waals surface area contributed by atoms with E-state index in [2.05, 4.69) is 11.7 Å². The summed E-state index contributed by atoms with van der Waals surface area (Å²) in [5, 5.41) is 3.78. The van der Waals surface area contributed by atoms with Crippen LogP contribution in [0.25, 0.3) is 0 Å². The van der Waals surface area contributed by atoms with E-state index < -0.39 is 0 Å². The second kappa shape index (κ2) is 6.55. The van der Waals surface area contributed by atoms with Crippen LogP contribution < -0.4 is 0 Å². The zero-order chi connectivity index (χ0) is 13.7. The molecule has 1 amide bonds. The quantitative estimate of drug-likeness (QED) is 0.766. The highest BCUT2D eigenvalue weighted by Gasteiger charge is 2.23. The number of aromatic nitrogens is 1. The van der Waals surface area contributed by atoms with Crippen LogP contribution in [0.4, 0.5) is 0 Å². The zero-order valence-electron chi connectivity index (χ0n) is 11.6. The average Bonchev–Trinajstić information content (AvgIpc) is 2.85. The lowest BCUT2D eigenvalue weighted by Crippen LogP contribution is -2.36. The lowest BCUT2D eigenvalue weighted by Gasteiger charge is -2.28. The van der Waals surface area contributed by atoms with Gasteiger partial charge in [0.25, 0.3) is 5.91 Å².